The molecule has 0 aliphatic rings. The van der Waals surface area contributed by atoms with Gasteiger partial charge in [0.1, 0.15) is 0 Å². The summed E-state index contributed by atoms with van der Waals surface area (Å²) in [6, 6.07) is 2.43. The lowest BCUT2D eigenvalue weighted by Crippen LogP contribution is -2.40. The van der Waals surface area contributed by atoms with E-state index in [1.807, 2.05) is 6.92 Å². The predicted molar refractivity (Wildman–Crippen MR) is 70.2 cm³/mol. The van der Waals surface area contributed by atoms with Crippen molar-refractivity contribution in [2.24, 2.45) is 0 Å². The van der Waals surface area contributed by atoms with Gasteiger partial charge in [-0.15, -0.1) is 0 Å². The van der Waals surface area contributed by atoms with Crippen molar-refractivity contribution in [3.8, 4) is 6.07 Å². The SMILES string of the molecule is COCC(C)OCC(O)CN(CCC#N)C(C)C. The maximum Gasteiger partial charge on any atom is 0.0900 e. The van der Waals surface area contributed by atoms with Crippen LogP contribution in [0.25, 0.3) is 0 Å². The summed E-state index contributed by atoms with van der Waals surface area (Å²) in [5.41, 5.74) is 0. The first-order valence-corrected chi connectivity index (χ1v) is 6.40. The van der Waals surface area contributed by atoms with E-state index in [1.165, 1.54) is 0 Å². The largest absolute Gasteiger partial charge is 0.389 e. The molecular weight excluding hydrogens is 232 g/mol. The van der Waals surface area contributed by atoms with Crippen molar-refractivity contribution in [1.29, 1.82) is 5.26 Å². The molecule has 0 amide bonds. The molecule has 0 aromatic heterocycles. The quantitative estimate of drug-likeness (QED) is 0.634. The predicted octanol–water partition coefficient (Wildman–Crippen LogP) is 1.02. The van der Waals surface area contributed by atoms with Crippen molar-refractivity contribution in [3.63, 3.8) is 0 Å². The Bertz CT molecular complexity index is 241. The average molecular weight is 258 g/mol. The molecule has 18 heavy (non-hydrogen) atoms. The third kappa shape index (κ3) is 8.43. The topological polar surface area (TPSA) is 65.7 Å². The second-order valence-corrected chi connectivity index (χ2v) is 4.75. The first-order valence-electron chi connectivity index (χ1n) is 6.40. The fourth-order valence-electron chi connectivity index (χ4n) is 1.64. The number of nitriles is 1. The lowest BCUT2D eigenvalue weighted by atomic mass is 10.2. The number of hydrogen-bond donors (Lipinski definition) is 1. The van der Waals surface area contributed by atoms with Crippen molar-refractivity contribution >= 4 is 0 Å². The number of rotatable bonds is 10. The van der Waals surface area contributed by atoms with Crippen molar-refractivity contribution in [2.45, 2.75) is 45.4 Å². The average Bonchev–Trinajstić information content (AvgIpc) is 2.32. The van der Waals surface area contributed by atoms with Crippen LogP contribution >= 0.6 is 0 Å². The van der Waals surface area contributed by atoms with Crippen LogP contribution in [-0.2, 0) is 9.47 Å². The van der Waals surface area contributed by atoms with Crippen LogP contribution in [0.3, 0.4) is 0 Å². The molecule has 5 heteroatoms. The Morgan fingerprint density at radius 3 is 2.44 bits per heavy atom. The highest BCUT2D eigenvalue weighted by molar-refractivity contribution is 4.75. The molecule has 0 bridgehead atoms. The number of methoxy groups -OCH3 is 1. The first-order chi connectivity index (χ1) is 8.51. The number of aliphatic hydroxyl groups is 1. The van der Waals surface area contributed by atoms with E-state index in [1.54, 1.807) is 7.11 Å². The zero-order chi connectivity index (χ0) is 14.0. The van der Waals surface area contributed by atoms with Crippen molar-refractivity contribution in [3.05, 3.63) is 0 Å². The van der Waals surface area contributed by atoms with Crippen LogP contribution in [0.5, 0.6) is 0 Å². The summed E-state index contributed by atoms with van der Waals surface area (Å²) in [7, 11) is 1.62. The molecule has 0 spiro atoms. The third-order valence-electron chi connectivity index (χ3n) is 2.66. The molecule has 0 rings (SSSR count). The van der Waals surface area contributed by atoms with Crippen LogP contribution in [0.4, 0.5) is 0 Å². The molecule has 0 radical (unpaired) electrons. The summed E-state index contributed by atoms with van der Waals surface area (Å²) in [4.78, 5) is 2.08. The molecule has 106 valence electrons. The van der Waals surface area contributed by atoms with Crippen LogP contribution in [-0.4, -0.2) is 61.7 Å². The van der Waals surface area contributed by atoms with Gasteiger partial charge < -0.3 is 14.6 Å². The molecule has 2 unspecified atom stereocenters. The van der Waals surface area contributed by atoms with E-state index in [-0.39, 0.29) is 6.10 Å². The fraction of sp³-hybridized carbons (Fsp3) is 0.923. The minimum Gasteiger partial charge on any atom is -0.389 e. The molecule has 5 nitrogen and oxygen atoms in total. The van der Waals surface area contributed by atoms with Gasteiger partial charge in [0.15, 0.2) is 0 Å². The molecule has 0 saturated carbocycles. The monoisotopic (exact) mass is 258 g/mol. The number of ether oxygens (including phenoxy) is 2. The molecule has 0 aliphatic carbocycles. The van der Waals surface area contributed by atoms with Gasteiger partial charge in [0, 0.05) is 32.7 Å². The number of nitrogens with zero attached hydrogens (tertiary/aromatic N) is 2. The van der Waals surface area contributed by atoms with Gasteiger partial charge in [0.25, 0.3) is 0 Å². The van der Waals surface area contributed by atoms with Crippen LogP contribution in [0.1, 0.15) is 27.2 Å². The van der Waals surface area contributed by atoms with Crippen LogP contribution < -0.4 is 0 Å². The lowest BCUT2D eigenvalue weighted by Gasteiger charge is -2.28. The van der Waals surface area contributed by atoms with Gasteiger partial charge >= 0.3 is 0 Å². The van der Waals surface area contributed by atoms with E-state index in [0.29, 0.717) is 38.8 Å². The van der Waals surface area contributed by atoms with Crippen molar-refractivity contribution in [2.75, 3.05) is 33.4 Å². The Balaban J connectivity index is 3.94. The molecule has 0 aromatic carbocycles. The third-order valence-corrected chi connectivity index (χ3v) is 2.66. The standard InChI is InChI=1S/C13H26N2O3/c1-11(2)15(7-5-6-14)8-13(16)10-18-12(3)9-17-4/h11-13,16H,5,7-10H2,1-4H3. The lowest BCUT2D eigenvalue weighted by molar-refractivity contribution is -0.0416. The summed E-state index contributed by atoms with van der Waals surface area (Å²) in [6.45, 7) is 8.04. The molecule has 0 heterocycles. The number of hydrogen-bond acceptors (Lipinski definition) is 5. The Labute approximate surface area is 110 Å². The van der Waals surface area contributed by atoms with Gasteiger partial charge in [-0.2, -0.15) is 5.26 Å². The summed E-state index contributed by atoms with van der Waals surface area (Å²) in [5, 5.41) is 18.5. The van der Waals surface area contributed by atoms with Gasteiger partial charge in [-0.25, -0.2) is 0 Å². The van der Waals surface area contributed by atoms with E-state index < -0.39 is 6.10 Å². The maximum absolute atomic E-state index is 9.89. The summed E-state index contributed by atoms with van der Waals surface area (Å²) < 4.78 is 10.4. The van der Waals surface area contributed by atoms with E-state index in [9.17, 15) is 5.11 Å². The molecule has 2 atom stereocenters. The normalized spacial score (nSPS) is 14.8. The van der Waals surface area contributed by atoms with Gasteiger partial charge in [-0.05, 0) is 20.8 Å². The Hall–Kier alpha value is -0.670. The minimum atomic E-state index is -0.537. The van der Waals surface area contributed by atoms with Crippen LogP contribution in [0.2, 0.25) is 0 Å². The second-order valence-electron chi connectivity index (χ2n) is 4.75. The fourth-order valence-corrected chi connectivity index (χ4v) is 1.64. The molecule has 0 aliphatic heterocycles. The minimum absolute atomic E-state index is 0.0174. The Morgan fingerprint density at radius 2 is 1.94 bits per heavy atom. The van der Waals surface area contributed by atoms with Crippen molar-refractivity contribution < 1.29 is 14.6 Å². The van der Waals surface area contributed by atoms with Crippen LogP contribution in [0, 0.1) is 11.3 Å². The van der Waals surface area contributed by atoms with E-state index in [2.05, 4.69) is 24.8 Å². The van der Waals surface area contributed by atoms with Gasteiger partial charge in [-0.1, -0.05) is 0 Å². The van der Waals surface area contributed by atoms with Gasteiger partial charge in [0.2, 0.25) is 0 Å². The van der Waals surface area contributed by atoms with Crippen molar-refractivity contribution in [1.82, 2.24) is 4.90 Å². The van der Waals surface area contributed by atoms with Gasteiger partial charge in [0.05, 0.1) is 31.5 Å². The molecule has 1 N–H and O–H groups in total. The smallest absolute Gasteiger partial charge is 0.0900 e. The van der Waals surface area contributed by atoms with Gasteiger partial charge in [-0.3, -0.25) is 4.90 Å². The molecule has 0 saturated heterocycles. The Morgan fingerprint density at radius 1 is 1.28 bits per heavy atom. The highest BCUT2D eigenvalue weighted by Crippen LogP contribution is 2.03. The van der Waals surface area contributed by atoms with E-state index >= 15 is 0 Å². The first kappa shape index (κ1) is 17.3. The van der Waals surface area contributed by atoms with E-state index in [4.69, 9.17) is 14.7 Å². The maximum atomic E-state index is 9.89. The van der Waals surface area contributed by atoms with E-state index in [0.717, 1.165) is 0 Å². The zero-order valence-corrected chi connectivity index (χ0v) is 11.9. The summed E-state index contributed by atoms with van der Waals surface area (Å²) in [6.07, 6.45) is -0.0760. The molecular formula is C13H26N2O3. The molecule has 0 fully saturated rings. The Kier molecular flexibility index (Phi) is 9.89. The zero-order valence-electron chi connectivity index (χ0n) is 11.9. The number of aliphatic hydroxyl groups excluding tert-OH is 1. The summed E-state index contributed by atoms with van der Waals surface area (Å²) >= 11 is 0. The highest BCUT2D eigenvalue weighted by Gasteiger charge is 2.15. The second kappa shape index (κ2) is 10.3. The molecule has 0 aromatic rings. The summed E-state index contributed by atoms with van der Waals surface area (Å²) in [5.74, 6) is 0. The van der Waals surface area contributed by atoms with Crippen LogP contribution in [0.15, 0.2) is 0 Å². The highest BCUT2D eigenvalue weighted by atomic mass is 16.5.